The summed E-state index contributed by atoms with van der Waals surface area (Å²) < 4.78 is 6.13. The molecule has 2 heterocycles. The van der Waals surface area contributed by atoms with Gasteiger partial charge in [0.1, 0.15) is 5.75 Å². The molecule has 0 radical (unpaired) electrons. The van der Waals surface area contributed by atoms with Crippen LogP contribution in [0.3, 0.4) is 0 Å². The Morgan fingerprint density at radius 2 is 1.82 bits per heavy atom. The van der Waals surface area contributed by atoms with Crippen LogP contribution < -0.4 is 15.0 Å². The quantitative estimate of drug-likeness (QED) is 0.595. The van der Waals surface area contributed by atoms with E-state index in [2.05, 4.69) is 57.4 Å². The van der Waals surface area contributed by atoms with Crippen LogP contribution in [0.2, 0.25) is 0 Å². The zero-order valence-corrected chi connectivity index (χ0v) is 20.2. The van der Waals surface area contributed by atoms with Crippen LogP contribution in [-0.2, 0) is 11.2 Å². The van der Waals surface area contributed by atoms with E-state index in [0.717, 1.165) is 82.8 Å². The summed E-state index contributed by atoms with van der Waals surface area (Å²) in [7, 11) is 0. The molecule has 1 aromatic heterocycles. The fourth-order valence-corrected chi connectivity index (χ4v) is 4.85. The topological polar surface area (TPSA) is 67.4 Å². The summed E-state index contributed by atoms with van der Waals surface area (Å²) >= 11 is 0. The molecule has 2 aromatic rings. The van der Waals surface area contributed by atoms with Gasteiger partial charge in [0.05, 0.1) is 6.61 Å². The van der Waals surface area contributed by atoms with Gasteiger partial charge in [-0.3, -0.25) is 4.79 Å². The van der Waals surface area contributed by atoms with Gasteiger partial charge in [0.2, 0.25) is 11.9 Å². The van der Waals surface area contributed by atoms with Crippen molar-refractivity contribution < 1.29 is 11.0 Å². The molecule has 1 amide bonds. The van der Waals surface area contributed by atoms with E-state index < -0.39 is 0 Å². The number of nitrogens with one attached hydrogen (secondary N) is 1. The maximum Gasteiger partial charge on any atom is 0.225 e. The average Bonchev–Trinajstić information content (AvgIpc) is 3.72. The molecule has 1 atom stereocenters. The van der Waals surface area contributed by atoms with Crippen molar-refractivity contribution in [2.24, 2.45) is 11.8 Å². The van der Waals surface area contributed by atoms with Gasteiger partial charge in [0.15, 0.2) is 0 Å². The third-order valence-electron chi connectivity index (χ3n) is 7.41. The fraction of sp³-hybridized carbons (Fsp3) is 0.536. The zero-order chi connectivity index (χ0) is 23.3. The van der Waals surface area contributed by atoms with Gasteiger partial charge in [-0.2, -0.15) is 0 Å². The number of carbonyl (C=O) groups is 1. The molecule has 5 rings (SSSR count). The van der Waals surface area contributed by atoms with Crippen LogP contribution in [0, 0.1) is 11.8 Å². The molecule has 1 saturated carbocycles. The highest BCUT2D eigenvalue weighted by Crippen LogP contribution is 2.32. The number of hydrogen-bond donors (Lipinski definition) is 1. The SMILES string of the molecule is CCc1cnc(N2CCC(COc3ccc(C4=CCC(C(=O)NC5CC5)CC4)cc3)CC2)nc1.[HH]. The van der Waals surface area contributed by atoms with Crippen LogP contribution in [0.1, 0.15) is 64.4 Å². The van der Waals surface area contributed by atoms with Crippen LogP contribution in [0.5, 0.6) is 5.75 Å². The summed E-state index contributed by atoms with van der Waals surface area (Å²) in [6.07, 6.45) is 14.3. The maximum atomic E-state index is 12.3. The Labute approximate surface area is 204 Å². The van der Waals surface area contributed by atoms with Gasteiger partial charge < -0.3 is 15.0 Å². The molecule has 182 valence electrons. The second-order valence-corrected chi connectivity index (χ2v) is 9.99. The lowest BCUT2D eigenvalue weighted by molar-refractivity contribution is -0.125. The number of carbonyl (C=O) groups excluding carboxylic acids is 1. The third-order valence-corrected chi connectivity index (χ3v) is 7.41. The summed E-state index contributed by atoms with van der Waals surface area (Å²) in [6, 6.07) is 8.93. The second-order valence-electron chi connectivity index (χ2n) is 9.99. The molecule has 2 fully saturated rings. The molecule has 6 nitrogen and oxygen atoms in total. The highest BCUT2D eigenvalue weighted by molar-refractivity contribution is 5.81. The number of benzene rings is 1. The second kappa shape index (κ2) is 10.6. The Balaban J connectivity index is 0.00000289. The molecular formula is C28H38N4O2. The van der Waals surface area contributed by atoms with Crippen molar-refractivity contribution in [1.82, 2.24) is 15.3 Å². The summed E-state index contributed by atoms with van der Waals surface area (Å²) in [5.41, 5.74) is 3.78. The highest BCUT2D eigenvalue weighted by atomic mass is 16.5. The van der Waals surface area contributed by atoms with Crippen molar-refractivity contribution in [3.05, 3.63) is 53.9 Å². The number of hydrogen-bond acceptors (Lipinski definition) is 5. The van der Waals surface area contributed by atoms with Crippen molar-refractivity contribution >= 4 is 17.4 Å². The van der Waals surface area contributed by atoms with E-state index in [4.69, 9.17) is 4.74 Å². The highest BCUT2D eigenvalue weighted by Gasteiger charge is 2.28. The molecule has 1 unspecified atom stereocenters. The van der Waals surface area contributed by atoms with E-state index in [0.29, 0.717) is 12.0 Å². The minimum atomic E-state index is 0. The number of anilines is 1. The van der Waals surface area contributed by atoms with Gasteiger partial charge in [-0.25, -0.2) is 9.97 Å². The van der Waals surface area contributed by atoms with E-state index in [1.165, 1.54) is 16.7 Å². The van der Waals surface area contributed by atoms with Gasteiger partial charge in [-0.05, 0) is 86.1 Å². The number of allylic oxidation sites excluding steroid dienone is 2. The van der Waals surface area contributed by atoms with Crippen LogP contribution >= 0.6 is 0 Å². The molecular weight excluding hydrogens is 424 g/mol. The number of ether oxygens (including phenoxy) is 1. The maximum absolute atomic E-state index is 12.3. The van der Waals surface area contributed by atoms with E-state index >= 15 is 0 Å². The van der Waals surface area contributed by atoms with Crippen LogP contribution in [0.25, 0.3) is 5.57 Å². The zero-order valence-electron chi connectivity index (χ0n) is 20.2. The fourth-order valence-electron chi connectivity index (χ4n) is 4.85. The lowest BCUT2D eigenvalue weighted by Gasteiger charge is -2.31. The Hall–Kier alpha value is -2.89. The number of aryl methyl sites for hydroxylation is 1. The molecule has 1 N–H and O–H groups in total. The van der Waals surface area contributed by atoms with E-state index in [9.17, 15) is 4.79 Å². The molecule has 3 aliphatic rings. The number of amides is 1. The third kappa shape index (κ3) is 5.78. The lowest BCUT2D eigenvalue weighted by atomic mass is 9.86. The predicted octanol–water partition coefficient (Wildman–Crippen LogP) is 5.04. The van der Waals surface area contributed by atoms with Crippen LogP contribution in [0.15, 0.2) is 42.7 Å². The summed E-state index contributed by atoms with van der Waals surface area (Å²) in [6.45, 7) is 4.83. The standard InChI is InChI=1S/C28H36N4O2.H2/c1-2-20-17-29-28(30-18-20)32-15-13-21(14-16-32)19-34-26-11-7-23(8-12-26)22-3-5-24(6-4-22)27(33)31-25-9-10-25;/h3,7-8,11-12,17-18,21,24-25H,2,4-6,9-10,13-16,19H2,1H3,(H,31,33);1H. The molecule has 0 bridgehead atoms. The summed E-state index contributed by atoms with van der Waals surface area (Å²) in [5, 5.41) is 3.15. The number of rotatable bonds is 8. The normalized spacial score (nSPS) is 21.1. The van der Waals surface area contributed by atoms with E-state index in [1.54, 1.807) is 0 Å². The first kappa shape index (κ1) is 22.9. The molecule has 1 saturated heterocycles. The molecule has 1 aromatic carbocycles. The molecule has 2 aliphatic carbocycles. The first-order chi connectivity index (χ1) is 16.7. The van der Waals surface area contributed by atoms with Gasteiger partial charge in [-0.15, -0.1) is 0 Å². The first-order valence-electron chi connectivity index (χ1n) is 13.0. The number of aromatic nitrogens is 2. The average molecular weight is 463 g/mol. The smallest absolute Gasteiger partial charge is 0.225 e. The van der Waals surface area contributed by atoms with Crippen molar-refractivity contribution in [2.45, 2.75) is 64.3 Å². The van der Waals surface area contributed by atoms with Crippen molar-refractivity contribution in [2.75, 3.05) is 24.6 Å². The molecule has 34 heavy (non-hydrogen) atoms. The van der Waals surface area contributed by atoms with Crippen LogP contribution in [-0.4, -0.2) is 41.6 Å². The van der Waals surface area contributed by atoms with Crippen molar-refractivity contribution in [3.63, 3.8) is 0 Å². The Kier molecular flexibility index (Phi) is 7.12. The van der Waals surface area contributed by atoms with Gasteiger partial charge >= 0.3 is 0 Å². The number of piperidine rings is 1. The van der Waals surface area contributed by atoms with Gasteiger partial charge in [-0.1, -0.05) is 25.1 Å². The lowest BCUT2D eigenvalue weighted by Crippen LogP contribution is -2.36. The number of nitrogens with zero attached hydrogens (tertiary/aromatic N) is 3. The largest absolute Gasteiger partial charge is 0.493 e. The molecule has 6 heteroatoms. The Morgan fingerprint density at radius 3 is 2.44 bits per heavy atom. The van der Waals surface area contributed by atoms with E-state index in [1.807, 2.05) is 12.4 Å². The first-order valence-corrected chi connectivity index (χ1v) is 13.0. The van der Waals surface area contributed by atoms with Gasteiger partial charge in [0, 0.05) is 38.9 Å². The Morgan fingerprint density at radius 1 is 1.09 bits per heavy atom. The van der Waals surface area contributed by atoms with Crippen molar-refractivity contribution in [3.8, 4) is 5.75 Å². The minimum Gasteiger partial charge on any atom is -0.493 e. The minimum absolute atomic E-state index is 0. The van der Waals surface area contributed by atoms with Crippen molar-refractivity contribution in [1.29, 1.82) is 0 Å². The monoisotopic (exact) mass is 462 g/mol. The summed E-state index contributed by atoms with van der Waals surface area (Å²) in [5.74, 6) is 2.72. The molecule has 1 aliphatic heterocycles. The predicted molar refractivity (Wildman–Crippen MR) is 137 cm³/mol. The van der Waals surface area contributed by atoms with Crippen LogP contribution in [0.4, 0.5) is 5.95 Å². The Bertz CT molecular complexity index is 997. The van der Waals surface area contributed by atoms with E-state index in [-0.39, 0.29) is 13.3 Å². The summed E-state index contributed by atoms with van der Waals surface area (Å²) in [4.78, 5) is 23.6. The van der Waals surface area contributed by atoms with Gasteiger partial charge in [0.25, 0.3) is 0 Å². The molecule has 0 spiro atoms.